The summed E-state index contributed by atoms with van der Waals surface area (Å²) in [7, 11) is -4.12. The molecule has 0 saturated heterocycles. The number of carbonyl (C=O) groups is 1. The molecule has 3 heterocycles. The molecule has 0 bridgehead atoms. The first-order chi connectivity index (χ1) is 22.2. The Labute approximate surface area is 284 Å². The third-order valence-corrected chi connectivity index (χ3v) is 10.1. The first-order valence-electron chi connectivity index (χ1n) is 15.3. The number of rotatable bonds is 13. The summed E-state index contributed by atoms with van der Waals surface area (Å²) >= 11 is 11.2. The number of hydrogen-bond acceptors (Lipinski definition) is 7. The molecule has 0 amide bonds. The monoisotopic (exact) mass is 697 g/mol. The first kappa shape index (κ1) is 36.0. The molecule has 1 aromatic carbocycles. The van der Waals surface area contributed by atoms with Gasteiger partial charge in [0, 0.05) is 48.3 Å². The van der Waals surface area contributed by atoms with Gasteiger partial charge in [0.15, 0.2) is 22.4 Å². The molecule has 0 aliphatic carbocycles. The van der Waals surface area contributed by atoms with Crippen LogP contribution in [-0.2, 0) is 39.8 Å². The van der Waals surface area contributed by atoms with Crippen molar-refractivity contribution < 1.29 is 27.4 Å². The van der Waals surface area contributed by atoms with Crippen LogP contribution in [-0.4, -0.2) is 44.6 Å². The van der Waals surface area contributed by atoms with Crippen LogP contribution in [0.5, 0.6) is 5.88 Å². The van der Waals surface area contributed by atoms with Crippen LogP contribution in [0.15, 0.2) is 53.5 Å². The number of alkyl halides is 1. The maximum absolute atomic E-state index is 13.0. The van der Waals surface area contributed by atoms with E-state index in [9.17, 15) is 28.4 Å². The Hall–Kier alpha value is -3.89. The summed E-state index contributed by atoms with van der Waals surface area (Å²) < 4.78 is 36.7. The summed E-state index contributed by atoms with van der Waals surface area (Å²) in [6.07, 6.45) is 7.37. The van der Waals surface area contributed by atoms with E-state index in [1.807, 2.05) is 37.4 Å². The minimum absolute atomic E-state index is 0.0844. The average molecular weight is 698 g/mol. The zero-order valence-corrected chi connectivity index (χ0v) is 29.1. The second kappa shape index (κ2) is 14.5. The van der Waals surface area contributed by atoms with E-state index in [-0.39, 0.29) is 40.7 Å². The van der Waals surface area contributed by atoms with E-state index in [4.69, 9.17) is 28.4 Å². The smallest absolute Gasteiger partial charge is 0.265 e. The molecule has 13 heteroatoms. The van der Waals surface area contributed by atoms with E-state index in [0.29, 0.717) is 30.6 Å². The molecule has 1 aliphatic heterocycles. The molecule has 1 atom stereocenters. The van der Waals surface area contributed by atoms with Crippen molar-refractivity contribution in [3.63, 3.8) is 0 Å². The number of halogens is 1. The zero-order valence-electron chi connectivity index (χ0n) is 26.7. The Balaban J connectivity index is 1.64. The molecule has 3 aromatic rings. The van der Waals surface area contributed by atoms with Gasteiger partial charge in [0.1, 0.15) is 5.56 Å². The number of allylic oxidation sites excluding steroid dienone is 3. The summed E-state index contributed by atoms with van der Waals surface area (Å²) in [6.45, 7) is 8.53. The Morgan fingerprint density at radius 2 is 1.89 bits per heavy atom. The third kappa shape index (κ3) is 7.49. The standard InChI is InChI=1S/C34H37ClN4O6S2/c1-5-37-31(41)26(32(42)38(6-2)33(37)46)11-7-9-25(21-36)23-14-15-39-28-13-12-22(18-27(28)34(3,4)30(39)19-23)17-24(29(40)20-35)10-8-16-47(43,44)45/h7,9,11-15,18-19,24H,5-6,8,10,16-17,20H2,1-4H3,(H,43,44,45)/p+1. The summed E-state index contributed by atoms with van der Waals surface area (Å²) in [6, 6.07) is 12.0. The molecule has 4 rings (SSSR count). The van der Waals surface area contributed by atoms with Crippen molar-refractivity contribution in [3.05, 3.63) is 91.8 Å². The molecule has 248 valence electrons. The van der Waals surface area contributed by atoms with Gasteiger partial charge in [-0.25, -0.2) is 0 Å². The Bertz CT molecular complexity index is 2060. The minimum atomic E-state index is -4.12. The second-order valence-corrected chi connectivity index (χ2v) is 14.1. The lowest BCUT2D eigenvalue weighted by molar-refractivity contribution is -0.599. The van der Waals surface area contributed by atoms with Crippen LogP contribution in [0, 0.1) is 22.0 Å². The van der Waals surface area contributed by atoms with Gasteiger partial charge in [0.05, 0.1) is 28.7 Å². The van der Waals surface area contributed by atoms with Gasteiger partial charge in [-0.2, -0.15) is 18.2 Å². The zero-order chi connectivity index (χ0) is 34.7. The highest BCUT2D eigenvalue weighted by Gasteiger charge is 2.44. The fourth-order valence-electron chi connectivity index (χ4n) is 6.06. The summed E-state index contributed by atoms with van der Waals surface area (Å²) in [5.41, 5.74) is 4.09. The molecule has 0 fully saturated rings. The fourth-order valence-corrected chi connectivity index (χ4v) is 7.24. The molecule has 1 unspecified atom stereocenters. The number of pyridine rings is 1. The number of Topliss-reactive ketones (excluding diaryl/α,β-unsaturated/α-hetero) is 1. The van der Waals surface area contributed by atoms with E-state index in [1.54, 1.807) is 19.1 Å². The maximum Gasteiger partial charge on any atom is 0.265 e. The van der Waals surface area contributed by atoms with E-state index in [2.05, 4.69) is 30.6 Å². The lowest BCUT2D eigenvalue weighted by atomic mass is 9.81. The molecule has 47 heavy (non-hydrogen) atoms. The van der Waals surface area contributed by atoms with E-state index >= 15 is 0 Å². The van der Waals surface area contributed by atoms with Gasteiger partial charge in [-0.1, -0.05) is 12.1 Å². The van der Waals surface area contributed by atoms with Gasteiger partial charge < -0.3 is 5.11 Å². The van der Waals surface area contributed by atoms with Crippen LogP contribution in [0.1, 0.15) is 68.5 Å². The molecule has 1 aliphatic rings. The lowest BCUT2D eigenvalue weighted by Gasteiger charge is -2.17. The Morgan fingerprint density at radius 1 is 1.19 bits per heavy atom. The number of benzene rings is 1. The highest BCUT2D eigenvalue weighted by atomic mass is 35.5. The van der Waals surface area contributed by atoms with Crippen LogP contribution in [0.2, 0.25) is 0 Å². The van der Waals surface area contributed by atoms with Crippen LogP contribution < -0.4 is 10.1 Å². The molecular formula is C34H38ClN4O6S2+. The number of nitrogens with zero attached hydrogens (tertiary/aromatic N) is 4. The average Bonchev–Trinajstić information content (AvgIpc) is 3.25. The molecule has 0 radical (unpaired) electrons. The molecule has 0 spiro atoms. The van der Waals surface area contributed by atoms with E-state index < -0.39 is 32.8 Å². The fraction of sp³-hybridized carbons (Fsp3) is 0.382. The lowest BCUT2D eigenvalue weighted by Crippen LogP contribution is -2.34. The van der Waals surface area contributed by atoms with Crippen LogP contribution in [0.3, 0.4) is 0 Å². The topological polar surface area (TPSA) is 146 Å². The van der Waals surface area contributed by atoms with Crippen molar-refractivity contribution in [2.24, 2.45) is 5.92 Å². The molecule has 2 N–H and O–H groups in total. The number of aromatic hydroxyl groups is 1. The second-order valence-electron chi connectivity index (χ2n) is 11.9. The molecule has 0 saturated carbocycles. The van der Waals surface area contributed by atoms with Gasteiger partial charge in [-0.05, 0) is 83.0 Å². The van der Waals surface area contributed by atoms with Gasteiger partial charge in [-0.15, -0.1) is 11.6 Å². The van der Waals surface area contributed by atoms with Gasteiger partial charge >= 0.3 is 0 Å². The molecular weight excluding hydrogens is 660 g/mol. The van der Waals surface area contributed by atoms with Crippen LogP contribution in [0.4, 0.5) is 0 Å². The number of nitriles is 1. The number of aromatic nitrogens is 3. The number of carbonyl (C=O) groups excluding carboxylic acids is 1. The van der Waals surface area contributed by atoms with Gasteiger partial charge in [-0.3, -0.25) is 23.3 Å². The number of ketones is 1. The summed E-state index contributed by atoms with van der Waals surface area (Å²) in [5.74, 6) is -1.48. The predicted molar refractivity (Wildman–Crippen MR) is 184 cm³/mol. The van der Waals surface area contributed by atoms with Crippen molar-refractivity contribution in [2.75, 3.05) is 11.6 Å². The normalized spacial score (nSPS) is 14.5. The van der Waals surface area contributed by atoms with Crippen molar-refractivity contribution in [2.45, 2.75) is 65.5 Å². The minimum Gasteiger partial charge on any atom is -0.494 e. The number of hydrogen-bond donors (Lipinski definition) is 2. The quantitative estimate of drug-likeness (QED) is 0.0612. The Kier molecular flexibility index (Phi) is 11.1. The van der Waals surface area contributed by atoms with E-state index in [1.165, 1.54) is 15.2 Å². The van der Waals surface area contributed by atoms with Gasteiger partial charge in [0.2, 0.25) is 11.6 Å². The van der Waals surface area contributed by atoms with Gasteiger partial charge in [0.25, 0.3) is 15.7 Å². The summed E-state index contributed by atoms with van der Waals surface area (Å²) in [5, 5.41) is 20.8. The Morgan fingerprint density at radius 3 is 2.51 bits per heavy atom. The first-order valence-corrected chi connectivity index (χ1v) is 17.8. The van der Waals surface area contributed by atoms with Crippen LogP contribution in [0.25, 0.3) is 17.3 Å². The van der Waals surface area contributed by atoms with Crippen molar-refractivity contribution >= 4 is 51.4 Å². The van der Waals surface area contributed by atoms with Crippen LogP contribution >= 0.6 is 23.8 Å². The van der Waals surface area contributed by atoms with E-state index in [0.717, 1.165) is 22.5 Å². The van der Waals surface area contributed by atoms with Crippen molar-refractivity contribution in [3.8, 4) is 17.6 Å². The maximum atomic E-state index is 13.0. The summed E-state index contributed by atoms with van der Waals surface area (Å²) in [4.78, 5) is 25.6. The third-order valence-electron chi connectivity index (χ3n) is 8.64. The van der Waals surface area contributed by atoms with Crippen molar-refractivity contribution in [1.82, 2.24) is 9.13 Å². The SMILES string of the molecule is CCn1c(O)c(/C=C/C=C(\C#N)c2cc[n+]3c(c2)C(C)(C)c2cc(CC(CCCS(=O)(=O)O)C(=O)CCl)ccc2-3)c(=O)n(CC)c1=S. The molecule has 2 aromatic heterocycles. The highest BCUT2D eigenvalue weighted by molar-refractivity contribution is 7.85. The largest absolute Gasteiger partial charge is 0.494 e. The highest BCUT2D eigenvalue weighted by Crippen LogP contribution is 2.39. The number of fused-ring (bicyclic) bond motifs is 3. The predicted octanol–water partition coefficient (Wildman–Crippen LogP) is 5.30. The molecule has 10 nitrogen and oxygen atoms in total. The van der Waals surface area contributed by atoms with Crippen molar-refractivity contribution in [1.29, 1.82) is 5.26 Å².